The Morgan fingerprint density at radius 3 is 2.46 bits per heavy atom. The van der Waals surface area contributed by atoms with Crippen LogP contribution < -0.4 is 10.4 Å². The van der Waals surface area contributed by atoms with Crippen LogP contribution in [-0.2, 0) is 12.8 Å². The summed E-state index contributed by atoms with van der Waals surface area (Å²) in [6.07, 6.45) is 7.39. The maximum atomic E-state index is 12.9. The van der Waals surface area contributed by atoms with Gasteiger partial charge in [0.25, 0.3) is 0 Å². The number of carbonyl (C=O) groups is 1. The average Bonchev–Trinajstić information content (AvgIpc) is 2.73. The number of ketones is 1. The van der Waals surface area contributed by atoms with Crippen LogP contribution in [-0.4, -0.2) is 5.78 Å². The van der Waals surface area contributed by atoms with Crippen molar-refractivity contribution < 1.29 is 4.79 Å². The highest BCUT2D eigenvalue weighted by Gasteiger charge is 2.22. The number of Topliss-reactive ketones (excluding diaryl/α,β-unsaturated/α-hetero) is 1. The zero-order valence-corrected chi connectivity index (χ0v) is 14.6. The molecule has 2 aliphatic rings. The molecule has 0 bridgehead atoms. The molecule has 3 aromatic rings. The molecule has 0 saturated carbocycles. The Balaban J connectivity index is 1.65. The second-order valence-corrected chi connectivity index (χ2v) is 7.21. The highest BCUT2D eigenvalue weighted by molar-refractivity contribution is 6.01. The fourth-order valence-corrected chi connectivity index (χ4v) is 4.34. The van der Waals surface area contributed by atoms with E-state index in [0.29, 0.717) is 0 Å². The molecule has 0 aromatic heterocycles. The lowest BCUT2D eigenvalue weighted by Gasteiger charge is -2.21. The molecule has 1 atom stereocenters. The van der Waals surface area contributed by atoms with Crippen molar-refractivity contribution in [2.24, 2.45) is 5.92 Å². The van der Waals surface area contributed by atoms with Gasteiger partial charge in [-0.15, -0.1) is 0 Å². The molecule has 5 rings (SSSR count). The predicted molar refractivity (Wildman–Crippen MR) is 106 cm³/mol. The molecule has 0 N–H and O–H groups in total. The Bertz CT molecular complexity index is 1120. The van der Waals surface area contributed by atoms with Gasteiger partial charge in [0, 0.05) is 11.5 Å². The lowest BCUT2D eigenvalue weighted by atomic mass is 9.82. The molecular weight excluding hydrogens is 316 g/mol. The first-order valence-corrected chi connectivity index (χ1v) is 9.33. The van der Waals surface area contributed by atoms with Gasteiger partial charge in [0.15, 0.2) is 5.78 Å². The minimum atomic E-state index is -0.0260. The van der Waals surface area contributed by atoms with Crippen LogP contribution >= 0.6 is 0 Å². The summed E-state index contributed by atoms with van der Waals surface area (Å²) in [6, 6.07) is 22.8. The molecule has 1 nitrogen and oxygen atoms in total. The topological polar surface area (TPSA) is 17.1 Å². The van der Waals surface area contributed by atoms with Gasteiger partial charge in [-0.3, -0.25) is 4.79 Å². The van der Waals surface area contributed by atoms with Crippen molar-refractivity contribution in [1.82, 2.24) is 0 Å². The van der Waals surface area contributed by atoms with Crippen LogP contribution in [0.2, 0.25) is 0 Å². The van der Waals surface area contributed by atoms with E-state index >= 15 is 0 Å². The Hall–Kier alpha value is -2.93. The molecule has 0 amide bonds. The molecule has 0 fully saturated rings. The number of rotatable bonds is 2. The van der Waals surface area contributed by atoms with E-state index in [2.05, 4.69) is 48.6 Å². The zero-order valence-electron chi connectivity index (χ0n) is 14.6. The van der Waals surface area contributed by atoms with Crippen LogP contribution in [0.1, 0.15) is 27.9 Å². The Kier molecular flexibility index (Phi) is 3.60. The maximum Gasteiger partial charge on any atom is 0.169 e. The van der Waals surface area contributed by atoms with Crippen LogP contribution in [0.4, 0.5) is 0 Å². The number of hydrogen-bond acceptors (Lipinski definition) is 1. The van der Waals surface area contributed by atoms with Crippen LogP contribution in [0.15, 0.2) is 66.7 Å². The van der Waals surface area contributed by atoms with Crippen LogP contribution in [0.5, 0.6) is 0 Å². The molecule has 0 radical (unpaired) electrons. The van der Waals surface area contributed by atoms with Crippen LogP contribution in [0, 0.1) is 5.92 Å². The van der Waals surface area contributed by atoms with E-state index in [-0.39, 0.29) is 11.7 Å². The first-order chi connectivity index (χ1) is 12.8. The van der Waals surface area contributed by atoms with Gasteiger partial charge >= 0.3 is 0 Å². The van der Waals surface area contributed by atoms with E-state index in [4.69, 9.17) is 0 Å². The van der Waals surface area contributed by atoms with Crippen molar-refractivity contribution >= 4 is 17.9 Å². The third-order valence-electron chi connectivity index (χ3n) is 5.70. The molecule has 0 aliphatic heterocycles. The van der Waals surface area contributed by atoms with Gasteiger partial charge in [-0.2, -0.15) is 0 Å². The van der Waals surface area contributed by atoms with Crippen molar-refractivity contribution in [1.29, 1.82) is 0 Å². The van der Waals surface area contributed by atoms with E-state index < -0.39 is 0 Å². The molecule has 1 unspecified atom stereocenters. The second kappa shape index (κ2) is 6.10. The number of aryl methyl sites for hydroxylation is 1. The minimum Gasteiger partial charge on any atom is -0.294 e. The molecule has 126 valence electrons. The maximum absolute atomic E-state index is 12.9. The highest BCUT2D eigenvalue weighted by Crippen LogP contribution is 2.26. The fourth-order valence-electron chi connectivity index (χ4n) is 4.34. The normalized spacial score (nSPS) is 17.2. The molecular formula is C25H20O. The molecule has 2 aliphatic carbocycles. The van der Waals surface area contributed by atoms with Crippen molar-refractivity contribution in [2.45, 2.75) is 19.3 Å². The van der Waals surface area contributed by atoms with Crippen molar-refractivity contribution in [3.05, 3.63) is 93.9 Å². The van der Waals surface area contributed by atoms with Gasteiger partial charge < -0.3 is 0 Å². The lowest BCUT2D eigenvalue weighted by Crippen LogP contribution is -2.37. The fraction of sp³-hybridized carbons (Fsp3) is 0.160. The summed E-state index contributed by atoms with van der Waals surface area (Å²) in [5.41, 5.74) is 6.20. The van der Waals surface area contributed by atoms with Crippen LogP contribution in [0.3, 0.4) is 0 Å². The minimum absolute atomic E-state index is 0.0260. The molecule has 1 heteroatoms. The first-order valence-electron chi connectivity index (χ1n) is 9.33. The predicted octanol–water partition coefficient (Wildman–Crippen LogP) is 3.92. The quantitative estimate of drug-likeness (QED) is 0.648. The van der Waals surface area contributed by atoms with E-state index in [9.17, 15) is 4.79 Å². The van der Waals surface area contributed by atoms with Crippen molar-refractivity contribution in [2.75, 3.05) is 0 Å². The van der Waals surface area contributed by atoms with E-state index in [1.807, 2.05) is 30.3 Å². The monoisotopic (exact) mass is 336 g/mol. The van der Waals surface area contributed by atoms with Gasteiger partial charge in [0.05, 0.1) is 0 Å². The van der Waals surface area contributed by atoms with Gasteiger partial charge in [-0.1, -0.05) is 78.9 Å². The van der Waals surface area contributed by atoms with Gasteiger partial charge in [0.2, 0.25) is 0 Å². The zero-order chi connectivity index (χ0) is 17.5. The van der Waals surface area contributed by atoms with E-state index in [1.165, 1.54) is 32.7 Å². The molecule has 0 saturated heterocycles. The molecule has 26 heavy (non-hydrogen) atoms. The van der Waals surface area contributed by atoms with Crippen molar-refractivity contribution in [3.8, 4) is 11.1 Å². The van der Waals surface area contributed by atoms with E-state index in [1.54, 1.807) is 0 Å². The summed E-state index contributed by atoms with van der Waals surface area (Å²) in [6.45, 7) is 0. The third kappa shape index (κ3) is 2.43. The Labute approximate surface area is 153 Å². The second-order valence-electron chi connectivity index (χ2n) is 7.21. The number of fused-ring (bicyclic) bond motifs is 5. The molecule has 3 aromatic carbocycles. The Morgan fingerprint density at radius 2 is 1.58 bits per heavy atom. The molecule has 0 spiro atoms. The van der Waals surface area contributed by atoms with Crippen molar-refractivity contribution in [3.63, 3.8) is 0 Å². The number of benzene rings is 3. The van der Waals surface area contributed by atoms with E-state index in [0.717, 1.165) is 24.8 Å². The summed E-state index contributed by atoms with van der Waals surface area (Å²) in [4.78, 5) is 12.9. The SMILES string of the molecule is O=C(c1ccccc1)C1C=c2c(ccc3c2=CCc2ccccc2-3)CC1. The summed E-state index contributed by atoms with van der Waals surface area (Å²) >= 11 is 0. The largest absolute Gasteiger partial charge is 0.294 e. The average molecular weight is 336 g/mol. The summed E-state index contributed by atoms with van der Waals surface area (Å²) < 4.78 is 0. The lowest BCUT2D eigenvalue weighted by molar-refractivity contribution is 0.0947. The number of hydrogen-bond donors (Lipinski definition) is 0. The number of carbonyl (C=O) groups excluding carboxylic acids is 1. The van der Waals surface area contributed by atoms with Crippen LogP contribution in [0.25, 0.3) is 23.3 Å². The van der Waals surface area contributed by atoms with Gasteiger partial charge in [-0.25, -0.2) is 0 Å². The summed E-state index contributed by atoms with van der Waals surface area (Å²) in [5.74, 6) is 0.215. The standard InChI is InChI=1S/C25H20O/c26-25(19-7-2-1-3-8-19)20-11-10-18-13-14-22-21-9-5-4-6-17(21)12-15-23(22)24(18)16-20/h1-9,13-16,20H,10-12H2. The third-order valence-corrected chi connectivity index (χ3v) is 5.70. The first kappa shape index (κ1) is 15.3. The highest BCUT2D eigenvalue weighted by atomic mass is 16.1. The van der Waals surface area contributed by atoms with Gasteiger partial charge in [0.1, 0.15) is 0 Å². The Morgan fingerprint density at radius 1 is 0.769 bits per heavy atom. The van der Waals surface area contributed by atoms with Gasteiger partial charge in [-0.05, 0) is 52.0 Å². The smallest absolute Gasteiger partial charge is 0.169 e. The molecule has 0 heterocycles. The summed E-state index contributed by atoms with van der Waals surface area (Å²) in [7, 11) is 0. The summed E-state index contributed by atoms with van der Waals surface area (Å²) in [5, 5.41) is 2.59.